The van der Waals surface area contributed by atoms with Crippen molar-refractivity contribution in [3.05, 3.63) is 36.7 Å². The third kappa shape index (κ3) is 2.29. The lowest BCUT2D eigenvalue weighted by atomic mass is 10.1. The fraction of sp³-hybridized carbons (Fsp3) is 0.125. The molecule has 0 fully saturated rings. The zero-order valence-electron chi connectivity index (χ0n) is 12.9. The Morgan fingerprint density at radius 1 is 1.04 bits per heavy atom. The number of hydrogen-bond donors (Lipinski definition) is 1. The van der Waals surface area contributed by atoms with Crippen molar-refractivity contribution in [1.29, 1.82) is 0 Å². The van der Waals surface area contributed by atoms with Crippen LogP contribution in [-0.2, 0) is 0 Å². The predicted molar refractivity (Wildman–Crippen MR) is 82.7 cm³/mol. The molecule has 8 heteroatoms. The lowest BCUT2D eigenvalue weighted by Crippen LogP contribution is -2.14. The van der Waals surface area contributed by atoms with Crippen LogP contribution in [0.1, 0.15) is 0 Å². The summed E-state index contributed by atoms with van der Waals surface area (Å²) in [5.41, 5.74) is 4.52. The van der Waals surface area contributed by atoms with E-state index in [4.69, 9.17) is 23.7 Å². The fourth-order valence-corrected chi connectivity index (χ4v) is 2.43. The van der Waals surface area contributed by atoms with Gasteiger partial charge in [0.2, 0.25) is 11.5 Å². The van der Waals surface area contributed by atoms with Gasteiger partial charge >= 0.3 is 0 Å². The topological polar surface area (TPSA) is 87.9 Å². The zero-order chi connectivity index (χ0) is 16.5. The van der Waals surface area contributed by atoms with Crippen molar-refractivity contribution in [3.63, 3.8) is 0 Å². The van der Waals surface area contributed by atoms with E-state index in [9.17, 15) is 0 Å². The quantitative estimate of drug-likeness (QED) is 0.782. The summed E-state index contributed by atoms with van der Waals surface area (Å²) >= 11 is 0. The maximum atomic E-state index is 5.43. The first-order valence-electron chi connectivity index (χ1n) is 7.06. The van der Waals surface area contributed by atoms with Crippen LogP contribution in [0.15, 0.2) is 41.2 Å². The molecule has 1 aromatic carbocycles. The van der Waals surface area contributed by atoms with Crippen LogP contribution in [0.3, 0.4) is 0 Å². The van der Waals surface area contributed by atoms with Crippen LogP contribution in [0.2, 0.25) is 0 Å². The third-order valence-electron chi connectivity index (χ3n) is 3.62. The number of hydrogen-bond acceptors (Lipinski definition) is 8. The van der Waals surface area contributed by atoms with Crippen LogP contribution in [0.4, 0.5) is 0 Å². The average Bonchev–Trinajstić information content (AvgIpc) is 3.29. The smallest absolute Gasteiger partial charge is 0.237 e. The van der Waals surface area contributed by atoms with Gasteiger partial charge in [-0.2, -0.15) is 0 Å². The molecule has 8 nitrogen and oxygen atoms in total. The second-order valence-corrected chi connectivity index (χ2v) is 4.95. The van der Waals surface area contributed by atoms with Gasteiger partial charge in [0.05, 0.1) is 37.9 Å². The molecule has 4 rings (SSSR count). The SMILES string of the molecule is COc1ccc(-c2cnoc2-c2cc(OC)c3c(c2)ONO3)nc1. The summed E-state index contributed by atoms with van der Waals surface area (Å²) in [6, 6.07) is 7.21. The van der Waals surface area contributed by atoms with E-state index >= 15 is 0 Å². The molecule has 0 amide bonds. The molecule has 0 radical (unpaired) electrons. The van der Waals surface area contributed by atoms with E-state index in [1.165, 1.54) is 0 Å². The van der Waals surface area contributed by atoms with E-state index in [1.807, 2.05) is 12.1 Å². The van der Waals surface area contributed by atoms with Gasteiger partial charge in [0.25, 0.3) is 0 Å². The highest BCUT2D eigenvalue weighted by Gasteiger charge is 2.24. The Morgan fingerprint density at radius 2 is 1.96 bits per heavy atom. The van der Waals surface area contributed by atoms with Gasteiger partial charge in [0.15, 0.2) is 11.5 Å². The number of benzene rings is 1. The minimum Gasteiger partial charge on any atom is -0.495 e. The molecule has 0 saturated heterocycles. The first-order chi connectivity index (χ1) is 11.8. The van der Waals surface area contributed by atoms with E-state index in [1.54, 1.807) is 38.7 Å². The van der Waals surface area contributed by atoms with Crippen molar-refractivity contribution < 1.29 is 23.7 Å². The summed E-state index contributed by atoms with van der Waals surface area (Å²) < 4.78 is 15.9. The van der Waals surface area contributed by atoms with Crippen LogP contribution >= 0.6 is 0 Å². The molecule has 24 heavy (non-hydrogen) atoms. The van der Waals surface area contributed by atoms with Gasteiger partial charge in [-0.3, -0.25) is 4.98 Å². The molecule has 0 unspecified atom stereocenters. The highest BCUT2D eigenvalue weighted by atomic mass is 16.9. The lowest BCUT2D eigenvalue weighted by Gasteiger charge is -2.07. The van der Waals surface area contributed by atoms with Crippen LogP contribution in [-0.4, -0.2) is 24.4 Å². The molecular weight excluding hydrogens is 314 g/mol. The minimum absolute atomic E-state index is 0.477. The molecule has 0 spiro atoms. The predicted octanol–water partition coefficient (Wildman–Crippen LogP) is 2.61. The third-order valence-corrected chi connectivity index (χ3v) is 3.62. The van der Waals surface area contributed by atoms with Crippen molar-refractivity contribution in [2.75, 3.05) is 14.2 Å². The summed E-state index contributed by atoms with van der Waals surface area (Å²) in [4.78, 5) is 14.7. The van der Waals surface area contributed by atoms with Gasteiger partial charge in [0, 0.05) is 11.2 Å². The second kappa shape index (κ2) is 5.74. The van der Waals surface area contributed by atoms with E-state index in [0.717, 1.165) is 11.1 Å². The summed E-state index contributed by atoms with van der Waals surface area (Å²) in [5.74, 6) is 2.70. The minimum atomic E-state index is 0.477. The molecule has 0 aliphatic carbocycles. The number of rotatable bonds is 4. The van der Waals surface area contributed by atoms with Crippen LogP contribution in [0.5, 0.6) is 23.0 Å². The summed E-state index contributed by atoms with van der Waals surface area (Å²) in [6.45, 7) is 0. The van der Waals surface area contributed by atoms with Gasteiger partial charge in [0.1, 0.15) is 5.75 Å². The van der Waals surface area contributed by atoms with Crippen molar-refractivity contribution in [2.45, 2.75) is 0 Å². The maximum Gasteiger partial charge on any atom is 0.237 e. The Kier molecular flexibility index (Phi) is 3.43. The Morgan fingerprint density at radius 3 is 2.71 bits per heavy atom. The molecular formula is C16H13N3O5. The first-order valence-corrected chi connectivity index (χ1v) is 7.06. The van der Waals surface area contributed by atoms with Crippen molar-refractivity contribution in [1.82, 2.24) is 15.8 Å². The molecule has 0 saturated carbocycles. The Hall–Kier alpha value is -3.26. The van der Waals surface area contributed by atoms with Crippen molar-refractivity contribution in [2.24, 2.45) is 0 Å². The molecule has 2 aromatic heterocycles. The van der Waals surface area contributed by atoms with E-state index < -0.39 is 0 Å². The van der Waals surface area contributed by atoms with Gasteiger partial charge in [-0.25, -0.2) is 0 Å². The number of methoxy groups -OCH3 is 2. The largest absolute Gasteiger partial charge is 0.495 e. The Balaban J connectivity index is 1.80. The van der Waals surface area contributed by atoms with E-state index in [-0.39, 0.29) is 0 Å². The first kappa shape index (κ1) is 14.3. The number of fused-ring (bicyclic) bond motifs is 1. The second-order valence-electron chi connectivity index (χ2n) is 4.95. The normalized spacial score (nSPS) is 12.2. The summed E-state index contributed by atoms with van der Waals surface area (Å²) in [5, 5.41) is 3.89. The molecule has 0 bridgehead atoms. The number of nitrogens with zero attached hydrogens (tertiary/aromatic N) is 2. The van der Waals surface area contributed by atoms with Crippen LogP contribution in [0.25, 0.3) is 22.6 Å². The average molecular weight is 327 g/mol. The van der Waals surface area contributed by atoms with E-state index in [2.05, 4.69) is 15.8 Å². The molecule has 122 valence electrons. The van der Waals surface area contributed by atoms with Gasteiger partial charge < -0.3 is 23.7 Å². The molecule has 3 aromatic rings. The molecule has 1 N–H and O–H groups in total. The maximum absolute atomic E-state index is 5.43. The van der Waals surface area contributed by atoms with E-state index in [0.29, 0.717) is 34.5 Å². The summed E-state index contributed by atoms with van der Waals surface area (Å²) in [7, 11) is 3.14. The molecule has 1 aliphatic heterocycles. The molecule has 0 atom stereocenters. The van der Waals surface area contributed by atoms with Gasteiger partial charge in [-0.15, -0.1) is 0 Å². The highest BCUT2D eigenvalue weighted by molar-refractivity contribution is 5.79. The lowest BCUT2D eigenvalue weighted by molar-refractivity contribution is 0.0248. The monoisotopic (exact) mass is 327 g/mol. The number of ether oxygens (including phenoxy) is 2. The molecule has 3 heterocycles. The highest BCUT2D eigenvalue weighted by Crippen LogP contribution is 2.44. The Bertz CT molecular complexity index is 876. The zero-order valence-corrected chi connectivity index (χ0v) is 12.9. The summed E-state index contributed by atoms with van der Waals surface area (Å²) in [6.07, 6.45) is 3.25. The number of nitrogens with one attached hydrogen (secondary N) is 1. The number of pyridine rings is 1. The van der Waals surface area contributed by atoms with Gasteiger partial charge in [-0.1, -0.05) is 5.16 Å². The number of aromatic nitrogens is 2. The van der Waals surface area contributed by atoms with Gasteiger partial charge in [-0.05, 0) is 24.3 Å². The standard InChI is InChI=1S/C16H13N3O5/c1-20-10-3-4-12(17-7-10)11-8-18-23-15(11)9-5-13(21-2)16-14(6-9)22-19-24-16/h3-8,19H,1-2H3. The van der Waals surface area contributed by atoms with Crippen molar-refractivity contribution >= 4 is 0 Å². The van der Waals surface area contributed by atoms with Crippen LogP contribution in [0, 0.1) is 0 Å². The van der Waals surface area contributed by atoms with Crippen LogP contribution < -0.4 is 24.8 Å². The Labute approximate surface area is 136 Å². The fourth-order valence-electron chi connectivity index (χ4n) is 2.43. The van der Waals surface area contributed by atoms with Crippen molar-refractivity contribution in [3.8, 4) is 45.6 Å². The molecule has 1 aliphatic rings.